The molecule has 5 heteroatoms. The minimum absolute atomic E-state index is 0.201. The number of benzene rings is 2. The monoisotopic (exact) mass is 327 g/mol. The molecule has 0 unspecified atom stereocenters. The molecule has 5 nitrogen and oxygen atoms in total. The highest BCUT2D eigenvalue weighted by Gasteiger charge is 2.26. The highest BCUT2D eigenvalue weighted by Crippen LogP contribution is 2.30. The molecule has 2 aromatic rings. The molecule has 1 heterocycles. The molecule has 0 fully saturated rings. The second kappa shape index (κ2) is 7.25. The number of rotatable bonds is 5. The van der Waals surface area contributed by atoms with E-state index in [0.717, 1.165) is 5.75 Å². The molecule has 24 heavy (non-hydrogen) atoms. The standard InChI is InChI=1S/C19H21NO4/c1-13-7-8-15(11-14(13)2)22-10-9-20-19(21)18-12-23-16-5-3-4-6-17(16)24-18/h3-8,11,18H,9-10,12H2,1-2H3,(H,20,21)/t18-/m1/s1. The molecule has 1 amide bonds. The Morgan fingerprint density at radius 2 is 1.96 bits per heavy atom. The molecule has 0 saturated heterocycles. The van der Waals surface area contributed by atoms with E-state index in [2.05, 4.69) is 12.2 Å². The molecular weight excluding hydrogens is 306 g/mol. The topological polar surface area (TPSA) is 56.8 Å². The van der Waals surface area contributed by atoms with E-state index in [1.807, 2.05) is 43.3 Å². The van der Waals surface area contributed by atoms with Crippen molar-refractivity contribution in [3.8, 4) is 17.2 Å². The third-order valence-corrected chi connectivity index (χ3v) is 3.95. The van der Waals surface area contributed by atoms with Crippen molar-refractivity contribution in [1.29, 1.82) is 0 Å². The maximum atomic E-state index is 12.1. The number of carbonyl (C=O) groups is 1. The van der Waals surface area contributed by atoms with Gasteiger partial charge in [-0.3, -0.25) is 4.79 Å². The van der Waals surface area contributed by atoms with Gasteiger partial charge < -0.3 is 19.5 Å². The number of ether oxygens (including phenoxy) is 3. The van der Waals surface area contributed by atoms with E-state index in [4.69, 9.17) is 14.2 Å². The van der Waals surface area contributed by atoms with Crippen LogP contribution in [0.25, 0.3) is 0 Å². The summed E-state index contributed by atoms with van der Waals surface area (Å²) in [5.74, 6) is 1.86. The van der Waals surface area contributed by atoms with Crippen LogP contribution < -0.4 is 19.5 Å². The van der Waals surface area contributed by atoms with Crippen LogP contribution in [0, 0.1) is 13.8 Å². The average molecular weight is 327 g/mol. The van der Waals surface area contributed by atoms with Gasteiger partial charge in [0.25, 0.3) is 5.91 Å². The third-order valence-electron chi connectivity index (χ3n) is 3.95. The SMILES string of the molecule is Cc1ccc(OCCNC(=O)[C@H]2COc3ccccc3O2)cc1C. The van der Waals surface area contributed by atoms with Crippen molar-refractivity contribution in [3.05, 3.63) is 53.6 Å². The summed E-state index contributed by atoms with van der Waals surface area (Å²) in [7, 11) is 0. The van der Waals surface area contributed by atoms with Crippen LogP contribution in [0.4, 0.5) is 0 Å². The number of amides is 1. The first-order chi connectivity index (χ1) is 11.6. The minimum atomic E-state index is -0.637. The van der Waals surface area contributed by atoms with Gasteiger partial charge in [0, 0.05) is 0 Å². The zero-order chi connectivity index (χ0) is 16.9. The van der Waals surface area contributed by atoms with Crippen molar-refractivity contribution < 1.29 is 19.0 Å². The van der Waals surface area contributed by atoms with Crippen LogP contribution in [0.5, 0.6) is 17.2 Å². The Morgan fingerprint density at radius 3 is 2.75 bits per heavy atom. The minimum Gasteiger partial charge on any atom is -0.492 e. The van der Waals surface area contributed by atoms with Crippen molar-refractivity contribution in [1.82, 2.24) is 5.32 Å². The van der Waals surface area contributed by atoms with Crippen LogP contribution in [-0.2, 0) is 4.79 Å². The van der Waals surface area contributed by atoms with Gasteiger partial charge in [-0.25, -0.2) is 0 Å². The summed E-state index contributed by atoms with van der Waals surface area (Å²) < 4.78 is 16.8. The first kappa shape index (κ1) is 16.2. The lowest BCUT2D eigenvalue weighted by molar-refractivity contribution is -0.130. The van der Waals surface area contributed by atoms with E-state index >= 15 is 0 Å². The summed E-state index contributed by atoms with van der Waals surface area (Å²) in [5.41, 5.74) is 2.41. The molecule has 0 aliphatic carbocycles. The summed E-state index contributed by atoms with van der Waals surface area (Å²) in [6.45, 7) is 5.12. The second-order valence-electron chi connectivity index (χ2n) is 5.75. The second-order valence-corrected chi connectivity index (χ2v) is 5.75. The number of hydrogen-bond acceptors (Lipinski definition) is 4. The molecule has 0 spiro atoms. The Kier molecular flexibility index (Phi) is 4.89. The smallest absolute Gasteiger partial charge is 0.264 e. The normalized spacial score (nSPS) is 15.7. The Balaban J connectivity index is 1.44. The van der Waals surface area contributed by atoms with Gasteiger partial charge >= 0.3 is 0 Å². The number of para-hydroxylation sites is 2. The molecule has 0 saturated carbocycles. The van der Waals surface area contributed by atoms with E-state index in [1.165, 1.54) is 11.1 Å². The first-order valence-corrected chi connectivity index (χ1v) is 8.00. The van der Waals surface area contributed by atoms with E-state index in [0.29, 0.717) is 24.7 Å². The predicted molar refractivity (Wildman–Crippen MR) is 90.8 cm³/mol. The van der Waals surface area contributed by atoms with Crippen molar-refractivity contribution in [2.75, 3.05) is 19.8 Å². The lowest BCUT2D eigenvalue weighted by Gasteiger charge is -2.25. The van der Waals surface area contributed by atoms with E-state index in [9.17, 15) is 4.79 Å². The highest BCUT2D eigenvalue weighted by atomic mass is 16.6. The van der Waals surface area contributed by atoms with Crippen molar-refractivity contribution in [2.45, 2.75) is 20.0 Å². The molecule has 1 N–H and O–H groups in total. The van der Waals surface area contributed by atoms with Crippen LogP contribution >= 0.6 is 0 Å². The summed E-state index contributed by atoms with van der Waals surface area (Å²) in [6.07, 6.45) is -0.637. The molecule has 0 radical (unpaired) electrons. The Bertz CT molecular complexity index is 729. The van der Waals surface area contributed by atoms with E-state index in [-0.39, 0.29) is 12.5 Å². The van der Waals surface area contributed by atoms with Crippen LogP contribution in [0.15, 0.2) is 42.5 Å². The van der Waals surface area contributed by atoms with Gasteiger partial charge in [-0.1, -0.05) is 18.2 Å². The molecule has 1 aliphatic rings. The number of nitrogens with one attached hydrogen (secondary N) is 1. The number of hydrogen-bond donors (Lipinski definition) is 1. The lowest BCUT2D eigenvalue weighted by Crippen LogP contribution is -2.45. The summed E-state index contributed by atoms with van der Waals surface area (Å²) >= 11 is 0. The number of fused-ring (bicyclic) bond motifs is 1. The Morgan fingerprint density at radius 1 is 1.17 bits per heavy atom. The van der Waals surface area contributed by atoms with Crippen LogP contribution in [-0.4, -0.2) is 31.8 Å². The fourth-order valence-corrected chi connectivity index (χ4v) is 2.41. The maximum Gasteiger partial charge on any atom is 0.264 e. The largest absolute Gasteiger partial charge is 0.492 e. The third kappa shape index (κ3) is 3.79. The first-order valence-electron chi connectivity index (χ1n) is 8.00. The highest BCUT2D eigenvalue weighted by molar-refractivity contribution is 5.81. The van der Waals surface area contributed by atoms with Gasteiger partial charge in [-0.2, -0.15) is 0 Å². The fourth-order valence-electron chi connectivity index (χ4n) is 2.41. The van der Waals surface area contributed by atoms with Gasteiger partial charge in [-0.15, -0.1) is 0 Å². The van der Waals surface area contributed by atoms with Crippen LogP contribution in [0.3, 0.4) is 0 Å². The van der Waals surface area contributed by atoms with Gasteiger partial charge in [0.05, 0.1) is 6.54 Å². The molecule has 0 bridgehead atoms. The van der Waals surface area contributed by atoms with Crippen LogP contribution in [0.1, 0.15) is 11.1 Å². The zero-order valence-electron chi connectivity index (χ0n) is 13.9. The average Bonchev–Trinajstić information content (AvgIpc) is 2.61. The van der Waals surface area contributed by atoms with Crippen molar-refractivity contribution in [2.24, 2.45) is 0 Å². The zero-order valence-corrected chi connectivity index (χ0v) is 13.9. The number of aryl methyl sites for hydroxylation is 2. The van der Waals surface area contributed by atoms with Gasteiger partial charge in [-0.05, 0) is 49.2 Å². The van der Waals surface area contributed by atoms with Crippen molar-refractivity contribution >= 4 is 5.91 Å². The fraction of sp³-hybridized carbons (Fsp3) is 0.316. The van der Waals surface area contributed by atoms with Crippen molar-refractivity contribution in [3.63, 3.8) is 0 Å². The summed E-state index contributed by atoms with van der Waals surface area (Å²) in [6, 6.07) is 13.3. The maximum absolute atomic E-state index is 12.1. The van der Waals surface area contributed by atoms with Gasteiger partial charge in [0.2, 0.25) is 6.10 Å². The summed E-state index contributed by atoms with van der Waals surface area (Å²) in [5, 5.41) is 2.81. The van der Waals surface area contributed by atoms with E-state index < -0.39 is 6.10 Å². The Hall–Kier alpha value is -2.69. The molecular formula is C19H21NO4. The quantitative estimate of drug-likeness (QED) is 0.858. The number of carbonyl (C=O) groups excluding carboxylic acids is 1. The Labute approximate surface area is 141 Å². The molecule has 0 aromatic heterocycles. The van der Waals surface area contributed by atoms with Gasteiger partial charge in [0.15, 0.2) is 11.5 Å². The van der Waals surface area contributed by atoms with Gasteiger partial charge in [0.1, 0.15) is 19.0 Å². The lowest BCUT2D eigenvalue weighted by atomic mass is 10.1. The van der Waals surface area contributed by atoms with Crippen LogP contribution in [0.2, 0.25) is 0 Å². The van der Waals surface area contributed by atoms with E-state index in [1.54, 1.807) is 6.07 Å². The molecule has 1 aliphatic heterocycles. The predicted octanol–water partition coefficient (Wildman–Crippen LogP) is 2.64. The summed E-state index contributed by atoms with van der Waals surface area (Å²) in [4.78, 5) is 12.1. The molecule has 2 aromatic carbocycles. The molecule has 3 rings (SSSR count). The molecule has 1 atom stereocenters. The molecule has 126 valence electrons.